The molecule has 0 N–H and O–H groups in total. The Labute approximate surface area is 185 Å². The number of halogens is 3. The fraction of sp³-hybridized carbons (Fsp3) is 0.435. The molecule has 0 spiro atoms. The molecular formula is C23H25ClF2N2O3. The van der Waals surface area contributed by atoms with Gasteiger partial charge in [0.1, 0.15) is 23.4 Å². The summed E-state index contributed by atoms with van der Waals surface area (Å²) in [5, 5.41) is 0.470. The Morgan fingerprint density at radius 1 is 1.06 bits per heavy atom. The number of carbonyl (C=O) groups is 1. The highest BCUT2D eigenvalue weighted by Gasteiger charge is 2.50. The number of β-lactam (4-membered cyclic amide) rings is 1. The van der Waals surface area contributed by atoms with Crippen LogP contribution in [0.5, 0.6) is 5.75 Å². The van der Waals surface area contributed by atoms with Gasteiger partial charge in [0.25, 0.3) is 5.91 Å². The summed E-state index contributed by atoms with van der Waals surface area (Å²) in [7, 11) is 0. The monoisotopic (exact) mass is 450 g/mol. The van der Waals surface area contributed by atoms with E-state index in [2.05, 4.69) is 4.90 Å². The number of unbranched alkanes of at least 4 members (excludes halogenated alkanes) is 1. The number of morpholine rings is 1. The van der Waals surface area contributed by atoms with Crippen molar-refractivity contribution >= 4 is 17.5 Å². The summed E-state index contributed by atoms with van der Waals surface area (Å²) in [4.78, 5) is 16.8. The molecule has 2 atom stereocenters. The van der Waals surface area contributed by atoms with E-state index >= 15 is 0 Å². The van der Waals surface area contributed by atoms with Crippen molar-refractivity contribution in [3.8, 4) is 5.75 Å². The minimum Gasteiger partial charge on any atom is -0.478 e. The first-order chi connectivity index (χ1) is 15.0. The molecule has 0 aliphatic carbocycles. The van der Waals surface area contributed by atoms with Crippen LogP contribution < -0.4 is 4.74 Å². The molecule has 1 amide bonds. The van der Waals surface area contributed by atoms with Gasteiger partial charge < -0.3 is 14.4 Å². The van der Waals surface area contributed by atoms with Gasteiger partial charge in [-0.05, 0) is 55.8 Å². The summed E-state index contributed by atoms with van der Waals surface area (Å²) in [6, 6.07) is 9.29. The number of likely N-dealkylation sites (tertiary alicyclic amines) is 1. The SMILES string of the molecule is O=C1[C@@H](Oc2cccc(Cl)c2)[C@@H](c2cc(F)ccc2F)N1CCCCN1CCOCC1. The van der Waals surface area contributed by atoms with E-state index in [1.807, 2.05) is 0 Å². The van der Waals surface area contributed by atoms with Gasteiger partial charge in [-0.2, -0.15) is 0 Å². The molecule has 166 valence electrons. The Kier molecular flexibility index (Phi) is 7.05. The van der Waals surface area contributed by atoms with Crippen molar-refractivity contribution < 1.29 is 23.0 Å². The lowest BCUT2D eigenvalue weighted by Crippen LogP contribution is -2.61. The molecule has 0 bridgehead atoms. The van der Waals surface area contributed by atoms with E-state index in [4.69, 9.17) is 21.1 Å². The maximum atomic E-state index is 14.5. The van der Waals surface area contributed by atoms with Crippen molar-refractivity contribution in [1.29, 1.82) is 0 Å². The second-order valence-corrected chi connectivity index (χ2v) is 8.24. The average Bonchev–Trinajstić information content (AvgIpc) is 2.77. The first kappa shape index (κ1) is 22.0. The van der Waals surface area contributed by atoms with Gasteiger partial charge in [-0.25, -0.2) is 8.78 Å². The van der Waals surface area contributed by atoms with Gasteiger partial charge in [0, 0.05) is 30.2 Å². The molecule has 0 unspecified atom stereocenters. The van der Waals surface area contributed by atoms with Crippen LogP contribution in [0, 0.1) is 11.6 Å². The molecule has 0 saturated carbocycles. The number of nitrogens with zero attached hydrogens (tertiary/aromatic N) is 2. The lowest BCUT2D eigenvalue weighted by atomic mass is 9.89. The fourth-order valence-electron chi connectivity index (χ4n) is 4.08. The highest BCUT2D eigenvalue weighted by Crippen LogP contribution is 2.39. The van der Waals surface area contributed by atoms with Crippen molar-refractivity contribution in [2.75, 3.05) is 39.4 Å². The van der Waals surface area contributed by atoms with Gasteiger partial charge in [0.15, 0.2) is 0 Å². The Morgan fingerprint density at radius 2 is 1.84 bits per heavy atom. The van der Waals surface area contributed by atoms with Crippen molar-refractivity contribution in [3.05, 3.63) is 64.7 Å². The third kappa shape index (κ3) is 5.17. The summed E-state index contributed by atoms with van der Waals surface area (Å²) >= 11 is 6.01. The molecule has 0 aromatic heterocycles. The topological polar surface area (TPSA) is 42.0 Å². The van der Waals surface area contributed by atoms with E-state index in [1.54, 1.807) is 29.2 Å². The number of rotatable bonds is 8. The second kappa shape index (κ2) is 9.94. The molecule has 4 rings (SSSR count). The first-order valence-electron chi connectivity index (χ1n) is 10.5. The largest absolute Gasteiger partial charge is 0.478 e. The van der Waals surface area contributed by atoms with Gasteiger partial charge >= 0.3 is 0 Å². The van der Waals surface area contributed by atoms with E-state index in [-0.39, 0.29) is 11.5 Å². The molecule has 2 aromatic carbocycles. The summed E-state index contributed by atoms with van der Waals surface area (Å²) in [6.07, 6.45) is 0.747. The van der Waals surface area contributed by atoms with Crippen LogP contribution in [-0.2, 0) is 9.53 Å². The third-order valence-corrected chi connectivity index (χ3v) is 5.95. The summed E-state index contributed by atoms with van der Waals surface area (Å²) in [5.41, 5.74) is 0.125. The van der Waals surface area contributed by atoms with Crippen LogP contribution in [0.1, 0.15) is 24.4 Å². The predicted octanol–water partition coefficient (Wildman–Crippen LogP) is 4.06. The van der Waals surface area contributed by atoms with Crippen LogP contribution >= 0.6 is 11.6 Å². The normalized spacial score (nSPS) is 21.8. The number of ether oxygens (including phenoxy) is 2. The number of hydrogen-bond donors (Lipinski definition) is 0. The molecular weight excluding hydrogens is 426 g/mol. The molecule has 2 saturated heterocycles. The fourth-order valence-corrected chi connectivity index (χ4v) is 4.26. The van der Waals surface area contributed by atoms with E-state index in [0.29, 0.717) is 17.3 Å². The molecule has 2 heterocycles. The maximum Gasteiger partial charge on any atom is 0.266 e. The van der Waals surface area contributed by atoms with Crippen molar-refractivity contribution in [3.63, 3.8) is 0 Å². The predicted molar refractivity (Wildman–Crippen MR) is 113 cm³/mol. The standard InChI is InChI=1S/C23H25ClF2N2O3/c24-16-4-3-5-18(14-16)31-22-21(19-15-17(25)6-7-20(19)26)28(23(22)29)9-2-1-8-27-10-12-30-13-11-27/h3-7,14-15,21-22H,1-2,8-13H2/t21-,22+/m1/s1. The lowest BCUT2D eigenvalue weighted by Gasteiger charge is -2.47. The molecule has 2 aliphatic heterocycles. The van der Waals surface area contributed by atoms with Crippen LogP contribution in [0.25, 0.3) is 0 Å². The average molecular weight is 451 g/mol. The van der Waals surface area contributed by atoms with Gasteiger partial charge in [-0.15, -0.1) is 0 Å². The van der Waals surface area contributed by atoms with Crippen LogP contribution in [0.2, 0.25) is 5.02 Å². The van der Waals surface area contributed by atoms with E-state index in [0.717, 1.165) is 63.9 Å². The third-order valence-electron chi connectivity index (χ3n) is 5.71. The molecule has 8 heteroatoms. The summed E-state index contributed by atoms with van der Waals surface area (Å²) in [5.74, 6) is -0.930. The zero-order valence-electron chi connectivity index (χ0n) is 17.1. The number of amides is 1. The van der Waals surface area contributed by atoms with Gasteiger partial charge in [-0.1, -0.05) is 17.7 Å². The van der Waals surface area contributed by atoms with E-state index in [1.165, 1.54) is 0 Å². The maximum absolute atomic E-state index is 14.5. The highest BCUT2D eigenvalue weighted by molar-refractivity contribution is 6.30. The Balaban J connectivity index is 1.44. The number of benzene rings is 2. The first-order valence-corrected chi connectivity index (χ1v) is 10.9. The van der Waals surface area contributed by atoms with Gasteiger partial charge in [-0.3, -0.25) is 9.69 Å². The number of carbonyl (C=O) groups excluding carboxylic acids is 1. The van der Waals surface area contributed by atoms with Crippen LogP contribution in [0.15, 0.2) is 42.5 Å². The summed E-state index contributed by atoms with van der Waals surface area (Å²) < 4.78 is 39.6. The number of hydrogen-bond acceptors (Lipinski definition) is 4. The molecule has 5 nitrogen and oxygen atoms in total. The van der Waals surface area contributed by atoms with Crippen molar-refractivity contribution in [1.82, 2.24) is 9.80 Å². The molecule has 0 radical (unpaired) electrons. The zero-order chi connectivity index (χ0) is 21.8. The Bertz CT molecular complexity index is 923. The van der Waals surface area contributed by atoms with Crippen LogP contribution in [0.3, 0.4) is 0 Å². The Morgan fingerprint density at radius 3 is 2.61 bits per heavy atom. The highest BCUT2D eigenvalue weighted by atomic mass is 35.5. The van der Waals surface area contributed by atoms with Gasteiger partial charge in [0.2, 0.25) is 6.10 Å². The quantitative estimate of drug-likeness (QED) is 0.449. The molecule has 2 fully saturated rings. The molecule has 2 aliphatic rings. The van der Waals surface area contributed by atoms with Crippen molar-refractivity contribution in [2.24, 2.45) is 0 Å². The summed E-state index contributed by atoms with van der Waals surface area (Å²) in [6.45, 7) is 4.69. The van der Waals surface area contributed by atoms with E-state index < -0.39 is 23.8 Å². The van der Waals surface area contributed by atoms with Gasteiger partial charge in [0.05, 0.1) is 13.2 Å². The van der Waals surface area contributed by atoms with Crippen molar-refractivity contribution in [2.45, 2.75) is 25.0 Å². The second-order valence-electron chi connectivity index (χ2n) is 7.80. The van der Waals surface area contributed by atoms with Crippen LogP contribution in [0.4, 0.5) is 8.78 Å². The molecule has 2 aromatic rings. The minimum absolute atomic E-state index is 0.125. The lowest BCUT2D eigenvalue weighted by molar-refractivity contribution is -0.164. The van der Waals surface area contributed by atoms with Crippen LogP contribution in [-0.4, -0.2) is 61.2 Å². The Hall–Kier alpha value is -2.22. The zero-order valence-corrected chi connectivity index (χ0v) is 17.9. The molecule has 31 heavy (non-hydrogen) atoms. The minimum atomic E-state index is -0.922. The van der Waals surface area contributed by atoms with E-state index in [9.17, 15) is 13.6 Å². The smallest absolute Gasteiger partial charge is 0.266 e.